The smallest absolute Gasteiger partial charge is 0.872 e. The summed E-state index contributed by atoms with van der Waals surface area (Å²) in [6.07, 6.45) is 0. The van der Waals surface area contributed by atoms with Crippen molar-refractivity contribution in [3.63, 3.8) is 0 Å². The number of hydrogen-bond donors (Lipinski definition) is 0. The van der Waals surface area contributed by atoms with Crippen LogP contribution in [0.1, 0.15) is 5.56 Å². The van der Waals surface area contributed by atoms with Gasteiger partial charge >= 0.3 is 10.1 Å². The Morgan fingerprint density at radius 1 is 1.00 bits per heavy atom. The van der Waals surface area contributed by atoms with Crippen LogP contribution in [0.25, 0.3) is 31.6 Å². The third-order valence-corrected chi connectivity index (χ3v) is 4.88. The predicted octanol–water partition coefficient (Wildman–Crippen LogP) is 3.54. The Morgan fingerprint density at radius 2 is 1.82 bits per heavy atom. The van der Waals surface area contributed by atoms with Gasteiger partial charge in [-0.1, -0.05) is 59.0 Å². The molecule has 2 nitrogen and oxygen atoms in total. The van der Waals surface area contributed by atoms with Gasteiger partial charge in [-0.25, -0.2) is 0 Å². The maximum absolute atomic E-state index is 12.2. The second-order valence-corrected chi connectivity index (χ2v) is 6.24. The molecule has 0 amide bonds. The molecule has 1 N–H and O–H groups in total. The van der Waals surface area contributed by atoms with Crippen LogP contribution in [0.15, 0.2) is 54.6 Å². The van der Waals surface area contributed by atoms with Gasteiger partial charge in [0.05, 0.1) is 0 Å². The molecule has 0 spiro atoms. The van der Waals surface area contributed by atoms with Crippen LogP contribution in [0.3, 0.4) is 0 Å². The minimum absolute atomic E-state index is 0. The van der Waals surface area contributed by atoms with Crippen molar-refractivity contribution in [1.29, 1.82) is 0 Å². The van der Waals surface area contributed by atoms with Crippen LogP contribution in [0.5, 0.6) is 5.75 Å². The van der Waals surface area contributed by atoms with Gasteiger partial charge in [0.2, 0.25) is 5.52 Å². The average Bonchev–Trinajstić information content (AvgIpc) is 2.91. The molecule has 1 heterocycles. The van der Waals surface area contributed by atoms with Gasteiger partial charge in [0.1, 0.15) is 4.70 Å². The molecule has 0 unspecified atom stereocenters. The molecule has 4 heteroatoms. The van der Waals surface area contributed by atoms with Gasteiger partial charge in [0, 0.05) is 17.0 Å². The number of rotatable bonds is 1. The van der Waals surface area contributed by atoms with E-state index in [1.165, 1.54) is 15.5 Å². The van der Waals surface area contributed by atoms with Gasteiger partial charge < -0.3 is 5.11 Å². The number of thiazole rings is 1. The predicted molar refractivity (Wildman–Crippen MR) is 91.3 cm³/mol. The van der Waals surface area contributed by atoms with E-state index in [1.807, 2.05) is 31.2 Å². The fourth-order valence-electron chi connectivity index (χ4n) is 2.64. The molecular weight excluding hydrogens is 287 g/mol. The maximum Gasteiger partial charge on any atom is 2.00 e. The van der Waals surface area contributed by atoms with Crippen molar-refractivity contribution in [2.75, 3.05) is 0 Å². The number of H-pyrrole nitrogens is 1. The molecule has 0 aliphatic heterocycles. The normalized spacial score (nSPS) is 10.8. The zero-order valence-corrected chi connectivity index (χ0v) is 13.0. The van der Waals surface area contributed by atoms with E-state index in [4.69, 9.17) is 0 Å². The summed E-state index contributed by atoms with van der Waals surface area (Å²) in [5.74, 6) is 0.0714. The number of benzene rings is 3. The van der Waals surface area contributed by atoms with Crippen LogP contribution >= 0.6 is 11.3 Å². The van der Waals surface area contributed by atoms with E-state index in [0.717, 1.165) is 21.7 Å². The molecular formula is C18H13BeNOS+2. The molecule has 0 fully saturated rings. The Labute approximate surface area is 136 Å². The molecule has 0 radical (unpaired) electrons. The summed E-state index contributed by atoms with van der Waals surface area (Å²) < 4.78 is 1.20. The zero-order chi connectivity index (χ0) is 14.4. The Hall–Kier alpha value is -2.22. The number of hydrogen-bond acceptors (Lipinski definition) is 2. The molecule has 0 aliphatic rings. The first-order chi connectivity index (χ1) is 10.2. The Balaban J connectivity index is 0.00000144. The van der Waals surface area contributed by atoms with Crippen LogP contribution in [0.4, 0.5) is 0 Å². The van der Waals surface area contributed by atoms with E-state index >= 15 is 0 Å². The second kappa shape index (κ2) is 5.52. The van der Waals surface area contributed by atoms with E-state index in [9.17, 15) is 5.11 Å². The fourth-order valence-corrected chi connectivity index (χ4v) is 3.81. The molecule has 102 valence electrons. The Bertz CT molecular complexity index is 977. The third kappa shape index (κ3) is 2.29. The average molecular weight is 300 g/mol. The first kappa shape index (κ1) is 14.7. The van der Waals surface area contributed by atoms with E-state index in [0.29, 0.717) is 0 Å². The number of aromatic amines is 1. The molecule has 1 aromatic heterocycles. The van der Waals surface area contributed by atoms with E-state index < -0.39 is 0 Å². The van der Waals surface area contributed by atoms with Gasteiger partial charge in [0.15, 0.2) is 0 Å². The summed E-state index contributed by atoms with van der Waals surface area (Å²) in [6, 6.07) is 18.1. The monoisotopic (exact) mass is 300 g/mol. The van der Waals surface area contributed by atoms with Crippen molar-refractivity contribution < 1.29 is 10.1 Å². The summed E-state index contributed by atoms with van der Waals surface area (Å²) in [7, 11) is 0. The Kier molecular flexibility index (Phi) is 3.69. The maximum atomic E-state index is 12.2. The van der Waals surface area contributed by atoms with Gasteiger partial charge in [-0.2, -0.15) is 4.98 Å². The molecule has 0 saturated heterocycles. The molecule has 0 saturated carbocycles. The minimum atomic E-state index is 0. The number of nitrogens with one attached hydrogen (secondary N) is 1. The number of fused-ring (bicyclic) bond motifs is 3. The zero-order valence-electron chi connectivity index (χ0n) is 12.2. The SMILES string of the molecule is Cc1ccc(-c2[nH+]c3ccc4ccccc4c3s2)c([O-])c1.[Be+2]. The number of aromatic nitrogens is 1. The summed E-state index contributed by atoms with van der Waals surface area (Å²) in [6.45, 7) is 1.94. The van der Waals surface area contributed by atoms with Crippen molar-refractivity contribution in [2.24, 2.45) is 0 Å². The van der Waals surface area contributed by atoms with Crippen molar-refractivity contribution >= 4 is 42.4 Å². The summed E-state index contributed by atoms with van der Waals surface area (Å²) >= 11 is 1.64. The largest absolute Gasteiger partial charge is 2.00 e. The van der Waals surface area contributed by atoms with Crippen LogP contribution in [0.2, 0.25) is 0 Å². The third-order valence-electron chi connectivity index (χ3n) is 3.71. The topological polar surface area (TPSA) is 37.2 Å². The van der Waals surface area contributed by atoms with Crippen molar-refractivity contribution in [2.45, 2.75) is 6.92 Å². The van der Waals surface area contributed by atoms with Gasteiger partial charge in [-0.05, 0) is 24.4 Å². The van der Waals surface area contributed by atoms with Gasteiger partial charge in [0.25, 0.3) is 5.01 Å². The van der Waals surface area contributed by atoms with Crippen LogP contribution < -0.4 is 10.1 Å². The van der Waals surface area contributed by atoms with Crippen molar-refractivity contribution in [1.82, 2.24) is 0 Å². The van der Waals surface area contributed by atoms with Crippen LogP contribution in [0, 0.1) is 6.92 Å². The summed E-state index contributed by atoms with van der Waals surface area (Å²) in [5.41, 5.74) is 2.81. The van der Waals surface area contributed by atoms with Crippen molar-refractivity contribution in [3.8, 4) is 16.3 Å². The Morgan fingerprint density at radius 3 is 2.64 bits per heavy atom. The van der Waals surface area contributed by atoms with E-state index in [-0.39, 0.29) is 15.9 Å². The molecule has 22 heavy (non-hydrogen) atoms. The van der Waals surface area contributed by atoms with Gasteiger partial charge in [-0.3, -0.25) is 0 Å². The molecule has 4 aromatic rings. The van der Waals surface area contributed by atoms with E-state index in [2.05, 4.69) is 29.2 Å². The van der Waals surface area contributed by atoms with Gasteiger partial charge in [-0.15, -0.1) is 0 Å². The standard InChI is InChI=1S/C18H13NOS.Be/c1-11-6-8-14(16(20)10-11)18-19-15-9-7-12-4-2-3-5-13(12)17(15)21-18;/h2-10,20H,1H3;/q;+2. The minimum Gasteiger partial charge on any atom is -0.872 e. The van der Waals surface area contributed by atoms with E-state index in [1.54, 1.807) is 17.4 Å². The number of aryl methyl sites for hydroxylation is 1. The molecule has 3 aromatic carbocycles. The molecule has 4 rings (SSSR count). The summed E-state index contributed by atoms with van der Waals surface area (Å²) in [5, 5.41) is 15.5. The first-order valence-electron chi connectivity index (χ1n) is 6.84. The molecule has 0 atom stereocenters. The van der Waals surface area contributed by atoms with Crippen LogP contribution in [-0.2, 0) is 0 Å². The first-order valence-corrected chi connectivity index (χ1v) is 7.65. The quantitative estimate of drug-likeness (QED) is 0.495. The molecule has 0 aliphatic carbocycles. The molecule has 0 bridgehead atoms. The second-order valence-electron chi connectivity index (χ2n) is 5.22. The van der Waals surface area contributed by atoms with Crippen molar-refractivity contribution in [3.05, 3.63) is 60.2 Å². The summed E-state index contributed by atoms with van der Waals surface area (Å²) in [4.78, 5) is 3.38. The van der Waals surface area contributed by atoms with Crippen LogP contribution in [-0.4, -0.2) is 10.1 Å². The fraction of sp³-hybridized carbons (Fsp3) is 0.0556.